The number of rotatable bonds is 3. The Labute approximate surface area is 214 Å². The van der Waals surface area contributed by atoms with Crippen molar-refractivity contribution in [2.75, 3.05) is 4.90 Å². The van der Waals surface area contributed by atoms with Crippen LogP contribution in [0.15, 0.2) is 66.2 Å². The highest BCUT2D eigenvalue weighted by atomic mass is 127. The van der Waals surface area contributed by atoms with Gasteiger partial charge in [-0.05, 0) is 78.3 Å². The Balaban J connectivity index is 1.74. The van der Waals surface area contributed by atoms with Crippen molar-refractivity contribution >= 4 is 66.7 Å². The first-order valence-electron chi connectivity index (χ1n) is 10.8. The normalized spacial score (nSPS) is 17.6. The maximum atomic E-state index is 13.4. The molecule has 2 heterocycles. The molecule has 1 atom stereocenters. The molecule has 1 amide bonds. The van der Waals surface area contributed by atoms with Crippen molar-refractivity contribution in [3.05, 3.63) is 97.6 Å². The third kappa shape index (κ3) is 3.82. The molecule has 3 aromatic carbocycles. The molecule has 1 unspecified atom stereocenters. The minimum absolute atomic E-state index is 0.0715. The Kier molecular flexibility index (Phi) is 5.77. The molecule has 7 heteroatoms. The average Bonchev–Trinajstić information content (AvgIpc) is 3.33. The molecule has 1 N–H and O–H groups in total. The summed E-state index contributed by atoms with van der Waals surface area (Å²) in [7, 11) is 0. The summed E-state index contributed by atoms with van der Waals surface area (Å²) in [5.41, 5.74) is 5.27. The largest absolute Gasteiger partial charge is 0.507 e. The van der Waals surface area contributed by atoms with E-state index in [1.54, 1.807) is 12.1 Å². The van der Waals surface area contributed by atoms with Gasteiger partial charge in [0.25, 0.3) is 5.78 Å². The van der Waals surface area contributed by atoms with E-state index in [1.807, 2.05) is 69.3 Å². The Morgan fingerprint density at radius 1 is 0.971 bits per heavy atom. The lowest BCUT2D eigenvalue weighted by atomic mass is 9.95. The van der Waals surface area contributed by atoms with Gasteiger partial charge in [0.2, 0.25) is 0 Å². The lowest BCUT2D eigenvalue weighted by Crippen LogP contribution is -2.29. The number of nitrogens with zero attached hydrogens (tertiary/aromatic N) is 2. The number of anilines is 1. The fraction of sp³-hybridized carbons (Fsp3) is 0.148. The number of fused-ring (bicyclic) bond motifs is 1. The van der Waals surface area contributed by atoms with Crippen molar-refractivity contribution < 1.29 is 14.7 Å². The zero-order valence-electron chi connectivity index (χ0n) is 18.8. The predicted octanol–water partition coefficient (Wildman–Crippen LogP) is 6.45. The van der Waals surface area contributed by atoms with Crippen LogP contribution < -0.4 is 4.90 Å². The van der Waals surface area contributed by atoms with Crippen molar-refractivity contribution in [3.8, 4) is 0 Å². The van der Waals surface area contributed by atoms with Crippen LogP contribution in [0.5, 0.6) is 0 Å². The number of Topliss-reactive ketones (excluding diaryl/α,β-unsaturated/α-hetero) is 1. The lowest BCUT2D eigenvalue weighted by molar-refractivity contribution is -0.132. The van der Waals surface area contributed by atoms with Crippen LogP contribution in [0.3, 0.4) is 0 Å². The maximum Gasteiger partial charge on any atom is 0.301 e. The molecule has 5 rings (SSSR count). The Morgan fingerprint density at radius 3 is 2.32 bits per heavy atom. The molecular weight excluding hydrogens is 559 g/mol. The zero-order chi connectivity index (χ0) is 24.1. The van der Waals surface area contributed by atoms with Gasteiger partial charge in [0.05, 0.1) is 21.8 Å². The van der Waals surface area contributed by atoms with E-state index in [4.69, 9.17) is 4.98 Å². The molecule has 5 nitrogen and oxygen atoms in total. The van der Waals surface area contributed by atoms with E-state index in [9.17, 15) is 14.7 Å². The van der Waals surface area contributed by atoms with Gasteiger partial charge in [-0.25, -0.2) is 4.98 Å². The molecule has 0 bridgehead atoms. The number of thiazole rings is 1. The number of carbonyl (C=O) groups excluding carboxylic acids is 2. The van der Waals surface area contributed by atoms with E-state index in [-0.39, 0.29) is 11.3 Å². The van der Waals surface area contributed by atoms with E-state index < -0.39 is 17.7 Å². The summed E-state index contributed by atoms with van der Waals surface area (Å²) in [6, 6.07) is 18.2. The van der Waals surface area contributed by atoms with Crippen LogP contribution in [-0.4, -0.2) is 21.8 Å². The molecule has 1 fully saturated rings. The Morgan fingerprint density at radius 2 is 1.65 bits per heavy atom. The van der Waals surface area contributed by atoms with Crippen molar-refractivity contribution in [1.82, 2.24) is 4.98 Å². The summed E-state index contributed by atoms with van der Waals surface area (Å²) < 4.78 is 1.98. The first kappa shape index (κ1) is 22.7. The topological polar surface area (TPSA) is 70.5 Å². The van der Waals surface area contributed by atoms with Crippen LogP contribution in [-0.2, 0) is 9.59 Å². The monoisotopic (exact) mass is 580 g/mol. The minimum Gasteiger partial charge on any atom is -0.507 e. The summed E-state index contributed by atoms with van der Waals surface area (Å²) in [5, 5.41) is 11.7. The summed E-state index contributed by atoms with van der Waals surface area (Å²) >= 11 is 3.59. The van der Waals surface area contributed by atoms with Gasteiger partial charge in [0.1, 0.15) is 5.76 Å². The molecule has 1 aromatic heterocycles. The smallest absolute Gasteiger partial charge is 0.301 e. The van der Waals surface area contributed by atoms with E-state index in [0.29, 0.717) is 10.7 Å². The van der Waals surface area contributed by atoms with E-state index in [1.165, 1.54) is 16.2 Å². The molecule has 0 saturated carbocycles. The van der Waals surface area contributed by atoms with Crippen molar-refractivity contribution in [1.29, 1.82) is 0 Å². The quantitative estimate of drug-likeness (QED) is 0.131. The third-order valence-corrected chi connectivity index (χ3v) is 7.70. The number of aryl methyl sites for hydroxylation is 3. The number of halogens is 1. The highest BCUT2D eigenvalue weighted by molar-refractivity contribution is 14.1. The number of aliphatic hydroxyl groups is 1. The number of carbonyl (C=O) groups is 2. The second-order valence-electron chi connectivity index (χ2n) is 8.51. The Bertz CT molecular complexity index is 1490. The molecule has 170 valence electrons. The van der Waals surface area contributed by atoms with Crippen LogP contribution in [0, 0.1) is 24.3 Å². The summed E-state index contributed by atoms with van der Waals surface area (Å²) in [4.78, 5) is 32.9. The van der Waals surface area contributed by atoms with E-state index in [0.717, 1.165) is 36.0 Å². The van der Waals surface area contributed by atoms with Crippen LogP contribution in [0.2, 0.25) is 0 Å². The third-order valence-electron chi connectivity index (χ3n) is 5.98. The van der Waals surface area contributed by atoms with E-state index >= 15 is 0 Å². The fourth-order valence-corrected chi connectivity index (χ4v) is 5.85. The first-order valence-corrected chi connectivity index (χ1v) is 12.7. The molecule has 0 spiro atoms. The predicted molar refractivity (Wildman–Crippen MR) is 144 cm³/mol. The number of hydrogen-bond acceptors (Lipinski definition) is 5. The van der Waals surface area contributed by atoms with Gasteiger partial charge in [0, 0.05) is 9.13 Å². The molecule has 4 aromatic rings. The van der Waals surface area contributed by atoms with Crippen molar-refractivity contribution in [2.24, 2.45) is 0 Å². The zero-order valence-corrected chi connectivity index (χ0v) is 21.8. The minimum atomic E-state index is -0.778. The molecule has 0 aliphatic carbocycles. The fourth-order valence-electron chi connectivity index (χ4n) is 4.32. The number of aromatic nitrogens is 1. The van der Waals surface area contributed by atoms with Gasteiger partial charge in [-0.2, -0.15) is 0 Å². The standard InChI is InChI=1S/C27H21IN2O3S/c1-14-4-6-18(7-5-14)24(31)21-23(17-8-10-19(28)11-9-17)30(26(33)25(21)32)27-29-22-16(3)12-15(2)13-20(22)34-27/h4-13,23,31H,1-3H3/b24-21+. The number of hydrogen-bond donors (Lipinski definition) is 1. The first-order chi connectivity index (χ1) is 16.2. The van der Waals surface area contributed by atoms with E-state index in [2.05, 4.69) is 22.6 Å². The highest BCUT2D eigenvalue weighted by Crippen LogP contribution is 2.44. The van der Waals surface area contributed by atoms with Gasteiger partial charge in [0.15, 0.2) is 5.13 Å². The number of benzene rings is 3. The SMILES string of the molecule is Cc1ccc(/C(O)=C2\C(=O)C(=O)N(c3nc4c(C)cc(C)cc4s3)C2c2ccc(I)cc2)cc1. The van der Waals surface area contributed by atoms with Crippen molar-refractivity contribution in [2.45, 2.75) is 26.8 Å². The number of aliphatic hydroxyl groups excluding tert-OH is 1. The van der Waals surface area contributed by atoms with Crippen LogP contribution >= 0.6 is 33.9 Å². The van der Waals surface area contributed by atoms with Gasteiger partial charge in [-0.1, -0.05) is 59.4 Å². The summed E-state index contributed by atoms with van der Waals surface area (Å²) in [6.45, 7) is 5.96. The van der Waals surface area contributed by atoms with Gasteiger partial charge in [-0.15, -0.1) is 0 Å². The van der Waals surface area contributed by atoms with Gasteiger partial charge in [-0.3, -0.25) is 14.5 Å². The van der Waals surface area contributed by atoms with Gasteiger partial charge >= 0.3 is 5.91 Å². The summed E-state index contributed by atoms with van der Waals surface area (Å²) in [5.74, 6) is -1.59. The van der Waals surface area contributed by atoms with Crippen molar-refractivity contribution in [3.63, 3.8) is 0 Å². The molecule has 1 aliphatic heterocycles. The number of amides is 1. The highest BCUT2D eigenvalue weighted by Gasteiger charge is 2.48. The average molecular weight is 580 g/mol. The molecule has 1 saturated heterocycles. The molecule has 1 aliphatic rings. The molecule has 34 heavy (non-hydrogen) atoms. The molecular formula is C27H21IN2O3S. The number of ketones is 1. The van der Waals surface area contributed by atoms with Crippen LogP contribution in [0.1, 0.15) is 33.9 Å². The maximum absolute atomic E-state index is 13.4. The Hall–Kier alpha value is -3.04. The summed E-state index contributed by atoms with van der Waals surface area (Å²) in [6.07, 6.45) is 0. The molecule has 0 radical (unpaired) electrons. The second-order valence-corrected chi connectivity index (χ2v) is 10.8. The van der Waals surface area contributed by atoms with Crippen LogP contribution in [0.25, 0.3) is 16.0 Å². The second kappa shape index (κ2) is 8.63. The lowest BCUT2D eigenvalue weighted by Gasteiger charge is -2.23. The van der Waals surface area contributed by atoms with Gasteiger partial charge < -0.3 is 5.11 Å². The van der Waals surface area contributed by atoms with Crippen LogP contribution in [0.4, 0.5) is 5.13 Å².